The number of hydrogen-bond acceptors (Lipinski definition) is 3. The first-order chi connectivity index (χ1) is 9.20. The summed E-state index contributed by atoms with van der Waals surface area (Å²) in [5, 5.41) is 2.94. The average Bonchev–Trinajstić information content (AvgIpc) is 2.41. The van der Waals surface area contributed by atoms with Crippen molar-refractivity contribution in [3.05, 3.63) is 0 Å². The smallest absolute Gasteiger partial charge is 0.221 e. The van der Waals surface area contributed by atoms with Crippen molar-refractivity contribution in [1.29, 1.82) is 0 Å². The molecule has 0 fully saturated rings. The number of ether oxygens (including phenoxy) is 1. The van der Waals surface area contributed by atoms with Crippen LogP contribution in [0, 0.1) is 0 Å². The molecule has 0 unspecified atom stereocenters. The first-order valence-corrected chi connectivity index (χ1v) is 7.73. The third kappa shape index (κ3) is 13.6. The summed E-state index contributed by atoms with van der Waals surface area (Å²) in [5.74, 6) is 0.150. The quantitative estimate of drug-likeness (QED) is 0.524. The van der Waals surface area contributed by atoms with Gasteiger partial charge in [-0.25, -0.2) is 0 Å². The molecule has 0 aliphatic heterocycles. The third-order valence-corrected chi connectivity index (χ3v) is 3.04. The molecule has 19 heavy (non-hydrogen) atoms. The second-order valence-electron chi connectivity index (χ2n) is 5.08. The molecule has 0 aromatic rings. The SMILES string of the molecule is CCCCOCCCNC(=O)CCN(C)CCCC. The molecule has 0 spiro atoms. The third-order valence-electron chi connectivity index (χ3n) is 3.04. The van der Waals surface area contributed by atoms with Crippen LogP contribution >= 0.6 is 0 Å². The van der Waals surface area contributed by atoms with E-state index < -0.39 is 0 Å². The van der Waals surface area contributed by atoms with Gasteiger partial charge < -0.3 is 15.0 Å². The fourth-order valence-electron chi connectivity index (χ4n) is 1.67. The van der Waals surface area contributed by atoms with Gasteiger partial charge in [0.1, 0.15) is 0 Å². The molecule has 0 saturated carbocycles. The summed E-state index contributed by atoms with van der Waals surface area (Å²) in [7, 11) is 2.07. The number of hydrogen-bond donors (Lipinski definition) is 1. The van der Waals surface area contributed by atoms with Crippen molar-refractivity contribution < 1.29 is 9.53 Å². The summed E-state index contributed by atoms with van der Waals surface area (Å²) in [6.07, 6.45) is 6.19. The fourth-order valence-corrected chi connectivity index (χ4v) is 1.67. The molecule has 0 aromatic heterocycles. The lowest BCUT2D eigenvalue weighted by atomic mass is 10.3. The van der Waals surface area contributed by atoms with Crippen molar-refractivity contribution in [2.75, 3.05) is 39.9 Å². The predicted molar refractivity (Wildman–Crippen MR) is 80.4 cm³/mol. The lowest BCUT2D eigenvalue weighted by Crippen LogP contribution is -2.30. The van der Waals surface area contributed by atoms with Gasteiger partial charge in [0, 0.05) is 32.7 Å². The lowest BCUT2D eigenvalue weighted by molar-refractivity contribution is -0.121. The summed E-state index contributed by atoms with van der Waals surface area (Å²) >= 11 is 0. The standard InChI is InChI=1S/C15H32N2O2/c1-4-6-11-17(3)12-9-15(18)16-10-8-14-19-13-7-5-2/h4-14H2,1-3H3,(H,16,18). The highest BCUT2D eigenvalue weighted by atomic mass is 16.5. The summed E-state index contributed by atoms with van der Waals surface area (Å²) in [5.41, 5.74) is 0. The summed E-state index contributed by atoms with van der Waals surface area (Å²) in [6.45, 7) is 8.57. The molecule has 1 N–H and O–H groups in total. The molecule has 4 nitrogen and oxygen atoms in total. The first kappa shape index (κ1) is 18.4. The number of carbonyl (C=O) groups is 1. The van der Waals surface area contributed by atoms with Crippen molar-refractivity contribution >= 4 is 5.91 Å². The molecule has 4 heteroatoms. The Balaban J connectivity index is 3.29. The molecule has 0 saturated heterocycles. The predicted octanol–water partition coefficient (Wildman–Crippen LogP) is 2.43. The summed E-state index contributed by atoms with van der Waals surface area (Å²) < 4.78 is 5.44. The molecular formula is C15H32N2O2. The second kappa shape index (κ2) is 13.8. The summed E-state index contributed by atoms with van der Waals surface area (Å²) in [4.78, 5) is 13.8. The average molecular weight is 272 g/mol. The molecule has 0 bridgehead atoms. The van der Waals surface area contributed by atoms with Crippen LogP contribution in [0.25, 0.3) is 0 Å². The van der Waals surface area contributed by atoms with Crippen LogP contribution in [0.15, 0.2) is 0 Å². The Morgan fingerprint density at radius 3 is 2.42 bits per heavy atom. The van der Waals surface area contributed by atoms with Crippen molar-refractivity contribution in [1.82, 2.24) is 10.2 Å². The number of rotatable bonds is 13. The number of nitrogens with zero attached hydrogens (tertiary/aromatic N) is 1. The van der Waals surface area contributed by atoms with Crippen LogP contribution in [0.2, 0.25) is 0 Å². The highest BCUT2D eigenvalue weighted by Gasteiger charge is 2.03. The Labute approximate surface area is 118 Å². The van der Waals surface area contributed by atoms with E-state index in [-0.39, 0.29) is 5.91 Å². The van der Waals surface area contributed by atoms with E-state index in [0.717, 1.165) is 45.7 Å². The maximum absolute atomic E-state index is 11.6. The molecule has 114 valence electrons. The van der Waals surface area contributed by atoms with Crippen LogP contribution in [0.5, 0.6) is 0 Å². The number of amides is 1. The van der Waals surface area contributed by atoms with Gasteiger partial charge in [0.15, 0.2) is 0 Å². The fraction of sp³-hybridized carbons (Fsp3) is 0.933. The Morgan fingerprint density at radius 2 is 1.74 bits per heavy atom. The first-order valence-electron chi connectivity index (χ1n) is 7.73. The largest absolute Gasteiger partial charge is 0.381 e. The van der Waals surface area contributed by atoms with Gasteiger partial charge in [-0.1, -0.05) is 26.7 Å². The van der Waals surface area contributed by atoms with Crippen LogP contribution in [-0.4, -0.2) is 50.7 Å². The van der Waals surface area contributed by atoms with Gasteiger partial charge in [0.05, 0.1) is 0 Å². The normalized spacial score (nSPS) is 10.9. The van der Waals surface area contributed by atoms with Gasteiger partial charge in [-0.05, 0) is 32.9 Å². The minimum Gasteiger partial charge on any atom is -0.381 e. The zero-order chi connectivity index (χ0) is 14.3. The maximum atomic E-state index is 11.6. The number of nitrogens with one attached hydrogen (secondary N) is 1. The van der Waals surface area contributed by atoms with Gasteiger partial charge in [-0.15, -0.1) is 0 Å². The molecule has 0 radical (unpaired) electrons. The molecule has 0 atom stereocenters. The van der Waals surface area contributed by atoms with Crippen molar-refractivity contribution in [3.63, 3.8) is 0 Å². The van der Waals surface area contributed by atoms with Gasteiger partial charge in [-0.2, -0.15) is 0 Å². The summed E-state index contributed by atoms with van der Waals surface area (Å²) in [6, 6.07) is 0. The van der Waals surface area contributed by atoms with Gasteiger partial charge in [0.25, 0.3) is 0 Å². The van der Waals surface area contributed by atoms with Crippen LogP contribution < -0.4 is 5.32 Å². The van der Waals surface area contributed by atoms with Crippen molar-refractivity contribution in [3.8, 4) is 0 Å². The van der Waals surface area contributed by atoms with E-state index in [4.69, 9.17) is 4.74 Å². The van der Waals surface area contributed by atoms with E-state index in [1.54, 1.807) is 0 Å². The molecule has 0 aliphatic carbocycles. The van der Waals surface area contributed by atoms with Gasteiger partial charge in [0.2, 0.25) is 5.91 Å². The van der Waals surface area contributed by atoms with E-state index in [9.17, 15) is 4.79 Å². The van der Waals surface area contributed by atoms with E-state index in [1.165, 1.54) is 19.3 Å². The Bertz CT molecular complexity index is 210. The van der Waals surface area contributed by atoms with Gasteiger partial charge >= 0.3 is 0 Å². The van der Waals surface area contributed by atoms with E-state index in [2.05, 4.69) is 31.1 Å². The van der Waals surface area contributed by atoms with Gasteiger partial charge in [-0.3, -0.25) is 4.79 Å². The Hall–Kier alpha value is -0.610. The van der Waals surface area contributed by atoms with Crippen LogP contribution in [-0.2, 0) is 9.53 Å². The highest BCUT2D eigenvalue weighted by Crippen LogP contribution is 1.94. The molecular weight excluding hydrogens is 240 g/mol. The molecule has 0 aliphatic rings. The molecule has 0 aromatic carbocycles. The van der Waals surface area contributed by atoms with E-state index >= 15 is 0 Å². The Kier molecular flexibility index (Phi) is 13.4. The van der Waals surface area contributed by atoms with Crippen LogP contribution in [0.3, 0.4) is 0 Å². The minimum absolute atomic E-state index is 0.150. The molecule has 0 heterocycles. The van der Waals surface area contributed by atoms with E-state index in [0.29, 0.717) is 6.42 Å². The number of unbranched alkanes of at least 4 members (excludes halogenated alkanes) is 2. The Morgan fingerprint density at radius 1 is 1.05 bits per heavy atom. The van der Waals surface area contributed by atoms with Crippen molar-refractivity contribution in [2.45, 2.75) is 52.4 Å². The number of carbonyl (C=O) groups excluding carboxylic acids is 1. The zero-order valence-electron chi connectivity index (χ0n) is 13.0. The molecule has 0 rings (SSSR count). The monoisotopic (exact) mass is 272 g/mol. The van der Waals surface area contributed by atoms with Crippen LogP contribution in [0.4, 0.5) is 0 Å². The van der Waals surface area contributed by atoms with E-state index in [1.807, 2.05) is 0 Å². The van der Waals surface area contributed by atoms with Crippen LogP contribution in [0.1, 0.15) is 52.4 Å². The highest BCUT2D eigenvalue weighted by molar-refractivity contribution is 5.75. The molecule has 1 amide bonds. The minimum atomic E-state index is 0.150. The maximum Gasteiger partial charge on any atom is 0.221 e. The topological polar surface area (TPSA) is 41.6 Å². The van der Waals surface area contributed by atoms with Crippen molar-refractivity contribution in [2.24, 2.45) is 0 Å². The second-order valence-corrected chi connectivity index (χ2v) is 5.08. The zero-order valence-corrected chi connectivity index (χ0v) is 13.0. The lowest BCUT2D eigenvalue weighted by Gasteiger charge is -2.15.